The van der Waals surface area contributed by atoms with Crippen molar-refractivity contribution in [2.24, 2.45) is 5.92 Å². The number of nitrogens with two attached hydrogens (primary N) is 1. The topological polar surface area (TPSA) is 52.3 Å². The summed E-state index contributed by atoms with van der Waals surface area (Å²) in [7, 11) is 0. The zero-order valence-electron chi connectivity index (χ0n) is 11.2. The number of carbonyl (C=O) groups excluding carboxylic acids is 1. The molecule has 1 aromatic carbocycles. The number of hydrogen-bond acceptors (Lipinski definition) is 4. The average Bonchev–Trinajstić information content (AvgIpc) is 2.31. The van der Waals surface area contributed by atoms with Crippen molar-refractivity contribution >= 4 is 23.4 Å². The maximum atomic E-state index is 11.9. The highest BCUT2D eigenvalue weighted by Gasteiger charge is 2.22. The van der Waals surface area contributed by atoms with Crippen LogP contribution in [0.25, 0.3) is 0 Å². The molecule has 0 unspecified atom stereocenters. The van der Waals surface area contributed by atoms with Gasteiger partial charge in [-0.2, -0.15) is 0 Å². The Morgan fingerprint density at radius 1 is 1.33 bits per heavy atom. The van der Waals surface area contributed by atoms with E-state index in [1.807, 2.05) is 31.2 Å². The predicted octanol–water partition coefficient (Wildman–Crippen LogP) is 3.34. The highest BCUT2D eigenvalue weighted by molar-refractivity contribution is 8.00. The molecule has 0 heterocycles. The Kier molecular flexibility index (Phi) is 6.05. The van der Waals surface area contributed by atoms with E-state index in [0.29, 0.717) is 12.5 Å². The quantitative estimate of drug-likeness (QED) is 0.488. The van der Waals surface area contributed by atoms with Crippen molar-refractivity contribution in [3.05, 3.63) is 24.3 Å². The van der Waals surface area contributed by atoms with Crippen LogP contribution in [0.3, 0.4) is 0 Å². The van der Waals surface area contributed by atoms with Gasteiger partial charge in [0.05, 0.1) is 6.61 Å². The molecular formula is C14H21NO2S. The van der Waals surface area contributed by atoms with E-state index in [9.17, 15) is 4.79 Å². The lowest BCUT2D eigenvalue weighted by atomic mass is 10.1. The molecule has 0 aliphatic heterocycles. The second kappa shape index (κ2) is 7.31. The molecule has 2 N–H and O–H groups in total. The van der Waals surface area contributed by atoms with Crippen molar-refractivity contribution in [3.63, 3.8) is 0 Å². The summed E-state index contributed by atoms with van der Waals surface area (Å²) >= 11 is 1.54. The van der Waals surface area contributed by atoms with Gasteiger partial charge in [0, 0.05) is 10.6 Å². The summed E-state index contributed by atoms with van der Waals surface area (Å²) in [6.07, 6.45) is 0.813. The molecule has 0 radical (unpaired) electrons. The molecule has 3 nitrogen and oxygen atoms in total. The Morgan fingerprint density at radius 3 is 2.44 bits per heavy atom. The third-order valence-corrected chi connectivity index (χ3v) is 3.61. The van der Waals surface area contributed by atoms with Crippen molar-refractivity contribution in [3.8, 4) is 0 Å². The number of thioether (sulfide) groups is 1. The fourth-order valence-electron chi connectivity index (χ4n) is 1.57. The first-order valence-electron chi connectivity index (χ1n) is 6.21. The van der Waals surface area contributed by atoms with Crippen LogP contribution in [-0.2, 0) is 9.53 Å². The van der Waals surface area contributed by atoms with Crippen molar-refractivity contribution in [2.75, 3.05) is 12.3 Å². The van der Waals surface area contributed by atoms with Crippen LogP contribution in [0, 0.1) is 5.92 Å². The van der Waals surface area contributed by atoms with Crippen molar-refractivity contribution in [1.82, 2.24) is 0 Å². The van der Waals surface area contributed by atoms with Crippen LogP contribution in [0.4, 0.5) is 5.69 Å². The van der Waals surface area contributed by atoms with Gasteiger partial charge in [-0.15, -0.1) is 11.8 Å². The van der Waals surface area contributed by atoms with E-state index in [4.69, 9.17) is 10.5 Å². The van der Waals surface area contributed by atoms with Crippen LogP contribution >= 0.6 is 11.8 Å². The summed E-state index contributed by atoms with van der Waals surface area (Å²) in [5, 5.41) is -0.145. The first kappa shape index (κ1) is 14.9. The second-order valence-electron chi connectivity index (χ2n) is 4.56. The number of esters is 1. The number of rotatable bonds is 6. The number of anilines is 1. The Labute approximate surface area is 113 Å². The number of hydrogen-bond donors (Lipinski definition) is 1. The number of carbonyl (C=O) groups is 1. The van der Waals surface area contributed by atoms with Crippen LogP contribution in [0.1, 0.15) is 27.2 Å². The van der Waals surface area contributed by atoms with E-state index in [1.165, 1.54) is 0 Å². The summed E-state index contributed by atoms with van der Waals surface area (Å²) in [5.41, 5.74) is 6.38. The highest BCUT2D eigenvalue weighted by atomic mass is 32.2. The molecule has 1 atom stereocenters. The Bertz CT molecular complexity index is 376. The van der Waals surface area contributed by atoms with E-state index in [0.717, 1.165) is 17.0 Å². The summed E-state index contributed by atoms with van der Waals surface area (Å²) in [4.78, 5) is 12.9. The first-order chi connectivity index (χ1) is 8.52. The third-order valence-electron chi connectivity index (χ3n) is 2.39. The van der Waals surface area contributed by atoms with Gasteiger partial charge in [0.15, 0.2) is 0 Å². The molecule has 0 fully saturated rings. The Hall–Kier alpha value is -1.16. The first-order valence-corrected chi connectivity index (χ1v) is 7.09. The lowest BCUT2D eigenvalue weighted by molar-refractivity contribution is -0.142. The van der Waals surface area contributed by atoms with E-state index in [-0.39, 0.29) is 11.2 Å². The lowest BCUT2D eigenvalue weighted by Crippen LogP contribution is -2.22. The van der Waals surface area contributed by atoms with Crippen molar-refractivity contribution in [1.29, 1.82) is 0 Å². The minimum absolute atomic E-state index is 0.131. The molecule has 0 aliphatic carbocycles. The van der Waals surface area contributed by atoms with Crippen molar-refractivity contribution in [2.45, 2.75) is 37.3 Å². The highest BCUT2D eigenvalue weighted by Crippen LogP contribution is 2.29. The summed E-state index contributed by atoms with van der Waals surface area (Å²) < 4.78 is 5.12. The molecule has 0 amide bonds. The van der Waals surface area contributed by atoms with Crippen LogP contribution < -0.4 is 5.73 Å². The smallest absolute Gasteiger partial charge is 0.319 e. The molecule has 0 spiro atoms. The molecule has 0 aromatic heterocycles. The van der Waals surface area contributed by atoms with E-state index >= 15 is 0 Å². The monoisotopic (exact) mass is 267 g/mol. The zero-order valence-corrected chi connectivity index (χ0v) is 12.0. The molecule has 0 saturated heterocycles. The molecule has 1 aromatic rings. The fourth-order valence-corrected chi connectivity index (χ4v) is 2.83. The molecule has 18 heavy (non-hydrogen) atoms. The molecule has 100 valence electrons. The van der Waals surface area contributed by atoms with E-state index in [1.54, 1.807) is 11.8 Å². The average molecular weight is 267 g/mol. The van der Waals surface area contributed by atoms with Crippen LogP contribution in [-0.4, -0.2) is 17.8 Å². The van der Waals surface area contributed by atoms with Gasteiger partial charge >= 0.3 is 5.97 Å². The molecule has 0 bridgehead atoms. The molecule has 1 rings (SSSR count). The minimum Gasteiger partial charge on any atom is -0.465 e. The van der Waals surface area contributed by atoms with Gasteiger partial charge in [0.1, 0.15) is 5.25 Å². The summed E-state index contributed by atoms with van der Waals surface area (Å²) in [5.74, 6) is 0.328. The molecule has 4 heteroatoms. The van der Waals surface area contributed by atoms with Gasteiger partial charge < -0.3 is 10.5 Å². The van der Waals surface area contributed by atoms with Crippen molar-refractivity contribution < 1.29 is 9.53 Å². The van der Waals surface area contributed by atoms with Crippen LogP contribution in [0.2, 0.25) is 0 Å². The van der Waals surface area contributed by atoms with Gasteiger partial charge in [0.25, 0.3) is 0 Å². The minimum atomic E-state index is -0.145. The second-order valence-corrected chi connectivity index (χ2v) is 5.83. The molecular weight excluding hydrogens is 246 g/mol. The summed E-state index contributed by atoms with van der Waals surface area (Å²) in [6, 6.07) is 7.57. The van der Waals surface area contributed by atoms with E-state index < -0.39 is 0 Å². The van der Waals surface area contributed by atoms with Crippen LogP contribution in [0.15, 0.2) is 29.2 Å². The standard InChI is InChI=1S/C14H21NO2S/c1-4-17-14(16)13(9-10(2)3)18-12-7-5-11(15)6-8-12/h5-8,10,13H,4,9,15H2,1-3H3/t13-/m1/s1. The maximum Gasteiger partial charge on any atom is 0.319 e. The lowest BCUT2D eigenvalue weighted by Gasteiger charge is -2.17. The van der Waals surface area contributed by atoms with Gasteiger partial charge in [-0.25, -0.2) is 0 Å². The molecule has 0 aliphatic rings. The Morgan fingerprint density at radius 2 is 1.94 bits per heavy atom. The van der Waals surface area contributed by atoms with Gasteiger partial charge in [-0.05, 0) is 43.5 Å². The largest absolute Gasteiger partial charge is 0.465 e. The zero-order chi connectivity index (χ0) is 13.5. The fraction of sp³-hybridized carbons (Fsp3) is 0.500. The number of ether oxygens (including phenoxy) is 1. The third kappa shape index (κ3) is 5.00. The number of benzene rings is 1. The van der Waals surface area contributed by atoms with Gasteiger partial charge in [-0.1, -0.05) is 13.8 Å². The molecule has 0 saturated carbocycles. The van der Waals surface area contributed by atoms with E-state index in [2.05, 4.69) is 13.8 Å². The SMILES string of the molecule is CCOC(=O)[C@@H](CC(C)C)Sc1ccc(N)cc1. The van der Waals surface area contributed by atoms with Crippen LogP contribution in [0.5, 0.6) is 0 Å². The normalized spacial score (nSPS) is 12.4. The maximum absolute atomic E-state index is 11.9. The van der Waals surface area contributed by atoms with Gasteiger partial charge in [0.2, 0.25) is 0 Å². The predicted molar refractivity (Wildman–Crippen MR) is 76.6 cm³/mol. The summed E-state index contributed by atoms with van der Waals surface area (Å²) in [6.45, 7) is 6.47. The Balaban J connectivity index is 2.71. The number of nitrogen functional groups attached to an aromatic ring is 1. The van der Waals surface area contributed by atoms with Gasteiger partial charge in [-0.3, -0.25) is 4.79 Å².